The molecule has 1 aromatic heterocycles. The first-order valence-corrected chi connectivity index (χ1v) is 9.95. The van der Waals surface area contributed by atoms with E-state index in [9.17, 15) is 0 Å². The largest absolute Gasteiger partial charge is 0.495 e. The zero-order valence-corrected chi connectivity index (χ0v) is 17.2. The van der Waals surface area contributed by atoms with Crippen LogP contribution in [0.25, 0.3) is 5.69 Å². The maximum Gasteiger partial charge on any atom is 0.203 e. The van der Waals surface area contributed by atoms with Gasteiger partial charge in [0, 0.05) is 36.9 Å². The topological polar surface area (TPSA) is 38.5 Å². The van der Waals surface area contributed by atoms with Crippen LogP contribution in [0.5, 0.6) is 5.75 Å². The lowest BCUT2D eigenvalue weighted by Crippen LogP contribution is -2.47. The summed E-state index contributed by atoms with van der Waals surface area (Å²) >= 11 is 11.8. The van der Waals surface area contributed by atoms with Gasteiger partial charge in [0.2, 0.25) is 4.77 Å². The third-order valence-electron chi connectivity index (χ3n) is 4.96. The van der Waals surface area contributed by atoms with Crippen LogP contribution in [0.3, 0.4) is 0 Å². The van der Waals surface area contributed by atoms with Crippen LogP contribution in [0, 0.1) is 4.77 Å². The third kappa shape index (κ3) is 3.92. The highest BCUT2D eigenvalue weighted by atomic mass is 35.5. The first kappa shape index (κ1) is 19.0. The molecule has 2 heterocycles. The standard InChI is InChI=1S/C20H22ClN5OS/c1-27-19-8-3-2-7-18(19)25-14-22-26(20(25)28)15-23-9-11-24(12-10-23)17-6-4-5-16(21)13-17/h2-8,13-14H,9-12,15H2,1H3. The molecule has 0 N–H and O–H groups in total. The van der Waals surface area contributed by atoms with Crippen LogP contribution < -0.4 is 9.64 Å². The van der Waals surface area contributed by atoms with Crippen molar-refractivity contribution in [2.24, 2.45) is 0 Å². The van der Waals surface area contributed by atoms with Crippen LogP contribution in [-0.4, -0.2) is 52.5 Å². The Balaban J connectivity index is 1.44. The van der Waals surface area contributed by atoms with E-state index >= 15 is 0 Å². The summed E-state index contributed by atoms with van der Waals surface area (Å²) in [5, 5.41) is 5.27. The van der Waals surface area contributed by atoms with Crippen LogP contribution in [-0.2, 0) is 6.67 Å². The molecule has 0 atom stereocenters. The van der Waals surface area contributed by atoms with E-state index in [1.165, 1.54) is 5.69 Å². The first-order valence-electron chi connectivity index (χ1n) is 9.16. The number of benzene rings is 2. The Morgan fingerprint density at radius 3 is 2.61 bits per heavy atom. The van der Waals surface area contributed by atoms with Crippen molar-refractivity contribution in [3.63, 3.8) is 0 Å². The zero-order chi connectivity index (χ0) is 19.5. The van der Waals surface area contributed by atoms with Crippen molar-refractivity contribution in [2.75, 3.05) is 38.2 Å². The Labute approximate surface area is 174 Å². The Bertz CT molecular complexity index is 1010. The molecule has 2 aromatic carbocycles. The molecule has 1 aliphatic heterocycles. The summed E-state index contributed by atoms with van der Waals surface area (Å²) in [7, 11) is 1.66. The van der Waals surface area contributed by atoms with Gasteiger partial charge in [-0.1, -0.05) is 29.8 Å². The predicted molar refractivity (Wildman–Crippen MR) is 114 cm³/mol. The molecule has 3 aromatic rings. The smallest absolute Gasteiger partial charge is 0.203 e. The molecular weight excluding hydrogens is 394 g/mol. The van der Waals surface area contributed by atoms with Gasteiger partial charge in [-0.25, -0.2) is 4.68 Å². The number of nitrogens with zero attached hydrogens (tertiary/aromatic N) is 5. The summed E-state index contributed by atoms with van der Waals surface area (Å²) in [5.41, 5.74) is 2.07. The van der Waals surface area contributed by atoms with E-state index in [0.717, 1.165) is 42.6 Å². The second kappa shape index (κ2) is 8.34. The summed E-state index contributed by atoms with van der Waals surface area (Å²) < 4.78 is 9.84. The van der Waals surface area contributed by atoms with Crippen molar-refractivity contribution in [3.05, 3.63) is 64.7 Å². The van der Waals surface area contributed by atoms with Crippen LogP contribution in [0.1, 0.15) is 0 Å². The fraction of sp³-hybridized carbons (Fsp3) is 0.300. The summed E-state index contributed by atoms with van der Waals surface area (Å²) in [5.74, 6) is 0.772. The number of methoxy groups -OCH3 is 1. The third-order valence-corrected chi connectivity index (χ3v) is 5.60. The molecule has 8 heteroatoms. The Morgan fingerprint density at radius 2 is 1.86 bits per heavy atom. The maximum atomic E-state index is 6.12. The molecule has 0 bridgehead atoms. The van der Waals surface area contributed by atoms with Crippen molar-refractivity contribution < 1.29 is 4.74 Å². The van der Waals surface area contributed by atoms with Gasteiger partial charge in [0.15, 0.2) is 0 Å². The van der Waals surface area contributed by atoms with Gasteiger partial charge in [-0.15, -0.1) is 0 Å². The lowest BCUT2D eigenvalue weighted by Gasteiger charge is -2.35. The molecule has 0 aliphatic carbocycles. The van der Waals surface area contributed by atoms with Crippen molar-refractivity contribution in [3.8, 4) is 11.4 Å². The van der Waals surface area contributed by atoms with E-state index in [2.05, 4.69) is 21.0 Å². The minimum Gasteiger partial charge on any atom is -0.495 e. The monoisotopic (exact) mass is 415 g/mol. The van der Waals surface area contributed by atoms with Gasteiger partial charge in [0.25, 0.3) is 0 Å². The first-order chi connectivity index (χ1) is 13.7. The number of para-hydroxylation sites is 2. The Hall–Kier alpha value is -2.35. The number of halogens is 1. The molecule has 28 heavy (non-hydrogen) atoms. The lowest BCUT2D eigenvalue weighted by molar-refractivity contribution is 0.194. The highest BCUT2D eigenvalue weighted by Gasteiger charge is 2.19. The molecule has 4 rings (SSSR count). The molecule has 0 radical (unpaired) electrons. The van der Waals surface area contributed by atoms with Gasteiger partial charge in [-0.2, -0.15) is 5.10 Å². The summed E-state index contributed by atoms with van der Waals surface area (Å²) in [6.45, 7) is 4.44. The summed E-state index contributed by atoms with van der Waals surface area (Å²) in [6.07, 6.45) is 1.75. The van der Waals surface area contributed by atoms with E-state index in [1.54, 1.807) is 13.4 Å². The molecular formula is C20H22ClN5OS. The molecule has 0 saturated carbocycles. The predicted octanol–water partition coefficient (Wildman–Crippen LogP) is 3.84. The molecule has 146 valence electrons. The minimum absolute atomic E-state index is 0.654. The van der Waals surface area contributed by atoms with Crippen LogP contribution in [0.2, 0.25) is 5.02 Å². The second-order valence-corrected chi connectivity index (χ2v) is 7.48. The van der Waals surface area contributed by atoms with E-state index in [4.69, 9.17) is 28.6 Å². The number of rotatable bonds is 5. The SMILES string of the molecule is COc1ccccc1-n1cnn(CN2CCN(c3cccc(Cl)c3)CC2)c1=S. The summed E-state index contributed by atoms with van der Waals surface area (Å²) in [4.78, 5) is 4.71. The lowest BCUT2D eigenvalue weighted by atomic mass is 10.2. The van der Waals surface area contributed by atoms with Gasteiger partial charge in [-0.05, 0) is 42.5 Å². The van der Waals surface area contributed by atoms with E-state index < -0.39 is 0 Å². The van der Waals surface area contributed by atoms with Crippen LogP contribution >= 0.6 is 23.8 Å². The minimum atomic E-state index is 0.654. The number of aromatic nitrogens is 3. The van der Waals surface area contributed by atoms with E-state index in [0.29, 0.717) is 11.4 Å². The molecule has 0 unspecified atom stereocenters. The number of hydrogen-bond acceptors (Lipinski definition) is 5. The molecule has 1 aliphatic rings. The van der Waals surface area contributed by atoms with Crippen LogP contribution in [0.15, 0.2) is 54.9 Å². The van der Waals surface area contributed by atoms with E-state index in [-0.39, 0.29) is 0 Å². The van der Waals surface area contributed by atoms with Gasteiger partial charge in [0.1, 0.15) is 12.1 Å². The van der Waals surface area contributed by atoms with Gasteiger partial charge < -0.3 is 9.64 Å². The second-order valence-electron chi connectivity index (χ2n) is 6.68. The van der Waals surface area contributed by atoms with Crippen LogP contribution in [0.4, 0.5) is 5.69 Å². The normalized spacial score (nSPS) is 15.0. The number of piperazine rings is 1. The zero-order valence-electron chi connectivity index (χ0n) is 15.7. The number of anilines is 1. The fourth-order valence-electron chi connectivity index (χ4n) is 3.44. The number of ether oxygens (including phenoxy) is 1. The van der Waals surface area contributed by atoms with Crippen molar-refractivity contribution in [2.45, 2.75) is 6.67 Å². The van der Waals surface area contributed by atoms with Crippen molar-refractivity contribution >= 4 is 29.5 Å². The van der Waals surface area contributed by atoms with Gasteiger partial charge >= 0.3 is 0 Å². The average molecular weight is 416 g/mol. The highest BCUT2D eigenvalue weighted by molar-refractivity contribution is 7.71. The Morgan fingerprint density at radius 1 is 1.07 bits per heavy atom. The quantitative estimate of drug-likeness (QED) is 0.592. The summed E-state index contributed by atoms with van der Waals surface area (Å²) in [6, 6.07) is 15.8. The average Bonchev–Trinajstić information content (AvgIpc) is 3.08. The molecule has 1 fully saturated rings. The molecule has 0 amide bonds. The fourth-order valence-corrected chi connectivity index (χ4v) is 3.87. The van der Waals surface area contributed by atoms with Crippen molar-refractivity contribution in [1.82, 2.24) is 19.2 Å². The maximum absolute atomic E-state index is 6.12. The number of hydrogen-bond donors (Lipinski definition) is 0. The van der Waals surface area contributed by atoms with Gasteiger partial charge in [-0.3, -0.25) is 9.47 Å². The molecule has 1 saturated heterocycles. The molecule has 0 spiro atoms. The van der Waals surface area contributed by atoms with Crippen molar-refractivity contribution in [1.29, 1.82) is 0 Å². The highest BCUT2D eigenvalue weighted by Crippen LogP contribution is 2.23. The Kier molecular flexibility index (Phi) is 5.66. The van der Waals surface area contributed by atoms with E-state index in [1.807, 2.05) is 51.7 Å². The molecule has 6 nitrogen and oxygen atoms in total. The van der Waals surface area contributed by atoms with Gasteiger partial charge in [0.05, 0.1) is 19.5 Å².